The predicted molar refractivity (Wildman–Crippen MR) is 151 cm³/mol. The van der Waals surface area contributed by atoms with Crippen LogP contribution in [0.4, 0.5) is 17.5 Å². The molecule has 0 saturated heterocycles. The number of phosphoric acid groups is 2. The average Bonchev–Trinajstić information content (AvgIpc) is 3.29. The Morgan fingerprint density at radius 1 is 0.951 bits per heavy atom. The Morgan fingerprint density at radius 3 is 2.05 bits per heavy atom. The van der Waals surface area contributed by atoms with Crippen LogP contribution in [0.2, 0.25) is 10.0 Å². The summed E-state index contributed by atoms with van der Waals surface area (Å²) in [5.74, 6) is -0.540. The summed E-state index contributed by atoms with van der Waals surface area (Å²) in [6, 6.07) is 11.3. The highest BCUT2D eigenvalue weighted by Crippen LogP contribution is 2.51. The molecule has 0 spiro atoms. The van der Waals surface area contributed by atoms with Crippen LogP contribution < -0.4 is 30.6 Å². The Labute approximate surface area is 243 Å². The highest BCUT2D eigenvalue weighted by Gasteiger charge is 2.48. The molecule has 18 heteroatoms. The highest BCUT2D eigenvalue weighted by molar-refractivity contribution is 7.48. The number of benzene rings is 2. The Morgan fingerprint density at radius 2 is 1.49 bits per heavy atom. The maximum absolute atomic E-state index is 12.7. The van der Waals surface area contributed by atoms with Crippen LogP contribution in [0.3, 0.4) is 0 Å². The van der Waals surface area contributed by atoms with Crippen LogP contribution in [0.5, 0.6) is 11.5 Å². The van der Waals surface area contributed by atoms with E-state index in [1.54, 1.807) is 4.90 Å². The number of H-pyrrole nitrogens is 1. The van der Waals surface area contributed by atoms with Gasteiger partial charge in [-0.05, 0) is 60.9 Å². The summed E-state index contributed by atoms with van der Waals surface area (Å²) in [6.07, 6.45) is 0.401. The molecule has 0 bridgehead atoms. The minimum Gasteiger partial charge on any atom is -0.404 e. The van der Waals surface area contributed by atoms with E-state index < -0.39 is 33.0 Å². The number of halogens is 2. The zero-order chi connectivity index (χ0) is 29.4. The van der Waals surface area contributed by atoms with Crippen molar-refractivity contribution in [2.24, 2.45) is 11.8 Å². The second-order valence-corrected chi connectivity index (χ2v) is 12.9. The van der Waals surface area contributed by atoms with Crippen molar-refractivity contribution in [1.82, 2.24) is 9.97 Å². The zero-order valence-corrected chi connectivity index (χ0v) is 24.4. The van der Waals surface area contributed by atoms with Gasteiger partial charge in [-0.25, -0.2) is 9.13 Å². The molecule has 1 saturated carbocycles. The fraction of sp³-hybridized carbons (Fsp3) is 0.304. The smallest absolute Gasteiger partial charge is 0.404 e. The van der Waals surface area contributed by atoms with E-state index in [0.717, 1.165) is 0 Å². The van der Waals surface area contributed by atoms with Crippen LogP contribution in [0.25, 0.3) is 0 Å². The van der Waals surface area contributed by atoms with Gasteiger partial charge in [-0.15, -0.1) is 0 Å². The van der Waals surface area contributed by atoms with Crippen LogP contribution in [0.1, 0.15) is 6.42 Å². The first-order chi connectivity index (χ1) is 19.4. The predicted octanol–water partition coefficient (Wildman–Crippen LogP) is 4.25. The average molecular weight is 648 g/mol. The van der Waals surface area contributed by atoms with Crippen molar-refractivity contribution in [3.63, 3.8) is 0 Å². The second-order valence-electron chi connectivity index (χ2n) is 9.30. The summed E-state index contributed by atoms with van der Waals surface area (Å²) in [6.45, 7) is -0.323. The number of aromatic amines is 1. The van der Waals surface area contributed by atoms with E-state index in [1.165, 1.54) is 48.5 Å². The van der Waals surface area contributed by atoms with Gasteiger partial charge in [-0.2, -0.15) is 4.98 Å². The molecule has 220 valence electrons. The third-order valence-electron chi connectivity index (χ3n) is 6.61. The van der Waals surface area contributed by atoms with E-state index in [2.05, 4.69) is 15.3 Å². The van der Waals surface area contributed by atoms with Gasteiger partial charge < -0.3 is 25.0 Å². The molecule has 5 atom stereocenters. The molecule has 3 aromatic rings. The largest absolute Gasteiger partial charge is 0.527 e. The van der Waals surface area contributed by atoms with Gasteiger partial charge in [0.15, 0.2) is 5.82 Å². The summed E-state index contributed by atoms with van der Waals surface area (Å²) < 4.78 is 46.1. The lowest BCUT2D eigenvalue weighted by Gasteiger charge is -2.48. The summed E-state index contributed by atoms with van der Waals surface area (Å²) in [5, 5.41) is 3.81. The van der Waals surface area contributed by atoms with E-state index in [1.807, 2.05) is 0 Å². The summed E-state index contributed by atoms with van der Waals surface area (Å²) in [7, 11) is -9.10. The maximum atomic E-state index is 12.7. The Kier molecular flexibility index (Phi) is 8.56. The van der Waals surface area contributed by atoms with Crippen molar-refractivity contribution in [1.29, 1.82) is 0 Å². The molecule has 2 unspecified atom stereocenters. The minimum atomic E-state index is -4.58. The Balaban J connectivity index is 1.29. The quantitative estimate of drug-likeness (QED) is 0.185. The first-order valence-electron chi connectivity index (χ1n) is 12.1. The summed E-state index contributed by atoms with van der Waals surface area (Å²) in [4.78, 5) is 41.3. The van der Waals surface area contributed by atoms with Crippen LogP contribution in [-0.2, 0) is 18.2 Å². The Bertz CT molecular complexity index is 1560. The Hall–Kier alpha value is -2.80. The van der Waals surface area contributed by atoms with Gasteiger partial charge in [0.2, 0.25) is 5.95 Å². The van der Waals surface area contributed by atoms with Gasteiger partial charge in [0.05, 0.1) is 19.9 Å². The number of hydrogen-bond donors (Lipinski definition) is 5. The standard InChI is InChI=1S/C23H25Cl2N5O9P2/c24-14-1-5-16(6-2-14)38-40(32,33)36-10-13-9-19(30-12-27-20-21(30)28-23(26)29-22(20)31)18(13)11-37-41(34,35)39-17-7-3-15(25)4-8-17/h1-8,13,18-19,27H,9-12H2,(H,32,33)(H,34,35)(H3,26,28,29,31)/t13-,18-,19-/m1/s1. The number of anilines is 3. The number of nitrogens with zero attached hydrogens (tertiary/aromatic N) is 2. The van der Waals surface area contributed by atoms with Gasteiger partial charge in [0.1, 0.15) is 17.2 Å². The van der Waals surface area contributed by atoms with E-state index in [-0.39, 0.29) is 49.1 Å². The lowest BCUT2D eigenvalue weighted by atomic mass is 9.69. The third kappa shape index (κ3) is 7.17. The van der Waals surface area contributed by atoms with Crippen LogP contribution in [0.15, 0.2) is 53.3 Å². The summed E-state index contributed by atoms with van der Waals surface area (Å²) in [5.41, 5.74) is 5.53. The number of aromatic nitrogens is 2. The van der Waals surface area contributed by atoms with Crippen molar-refractivity contribution in [2.45, 2.75) is 12.5 Å². The highest BCUT2D eigenvalue weighted by atomic mass is 35.5. The molecule has 0 radical (unpaired) electrons. The number of nitrogens with two attached hydrogens (primary N) is 1. The van der Waals surface area contributed by atoms with Crippen LogP contribution in [-0.4, -0.2) is 45.7 Å². The van der Waals surface area contributed by atoms with Gasteiger partial charge in [0.25, 0.3) is 5.56 Å². The fourth-order valence-electron chi connectivity index (χ4n) is 4.61. The minimum absolute atomic E-state index is 0.0717. The molecule has 1 aliphatic carbocycles. The molecule has 41 heavy (non-hydrogen) atoms. The molecule has 14 nitrogen and oxygen atoms in total. The molecule has 1 aromatic heterocycles. The van der Waals surface area contributed by atoms with Crippen molar-refractivity contribution in [3.05, 3.63) is 68.9 Å². The SMILES string of the molecule is Nc1nc2c(c(=O)[nH]1)NCN2[C@@H]1C[C@H](COP(=O)(O)Oc2ccc(Cl)cc2)[C@H]1COP(=O)(O)Oc1ccc(Cl)cc1. The number of phosphoric ester groups is 2. The van der Waals surface area contributed by atoms with Crippen LogP contribution >= 0.6 is 38.8 Å². The van der Waals surface area contributed by atoms with E-state index in [4.69, 9.17) is 47.0 Å². The van der Waals surface area contributed by atoms with Gasteiger partial charge >= 0.3 is 15.6 Å². The lowest BCUT2D eigenvalue weighted by Crippen LogP contribution is -2.55. The molecular formula is C23H25Cl2N5O9P2. The molecule has 2 heterocycles. The number of nitrogen functional groups attached to an aromatic ring is 1. The number of hydrogen-bond acceptors (Lipinski definition) is 11. The topological polar surface area (TPSA) is 199 Å². The van der Waals surface area contributed by atoms with Crippen LogP contribution in [0, 0.1) is 11.8 Å². The van der Waals surface area contributed by atoms with Crippen molar-refractivity contribution in [3.8, 4) is 11.5 Å². The van der Waals surface area contributed by atoms with Gasteiger partial charge in [0, 0.05) is 22.0 Å². The van der Waals surface area contributed by atoms with Crippen molar-refractivity contribution in [2.75, 3.05) is 35.8 Å². The molecule has 2 aromatic carbocycles. The van der Waals surface area contributed by atoms with Gasteiger partial charge in [-0.3, -0.25) is 28.6 Å². The van der Waals surface area contributed by atoms with E-state index in [9.17, 15) is 23.7 Å². The van der Waals surface area contributed by atoms with Crippen molar-refractivity contribution < 1.29 is 37.0 Å². The molecule has 0 amide bonds. The van der Waals surface area contributed by atoms with E-state index in [0.29, 0.717) is 22.3 Å². The maximum Gasteiger partial charge on any atom is 0.527 e. The van der Waals surface area contributed by atoms with E-state index >= 15 is 0 Å². The first kappa shape index (κ1) is 29.7. The molecular weight excluding hydrogens is 623 g/mol. The number of rotatable bonds is 11. The monoisotopic (exact) mass is 647 g/mol. The molecule has 5 rings (SSSR count). The molecule has 1 fully saturated rings. The van der Waals surface area contributed by atoms with Crippen molar-refractivity contribution >= 4 is 56.3 Å². The normalized spacial score (nSPS) is 22.5. The summed E-state index contributed by atoms with van der Waals surface area (Å²) >= 11 is 11.7. The number of fused-ring (bicyclic) bond motifs is 1. The molecule has 1 aliphatic heterocycles. The zero-order valence-electron chi connectivity index (χ0n) is 21.1. The van der Waals surface area contributed by atoms with Gasteiger partial charge in [-0.1, -0.05) is 23.2 Å². The second kappa shape index (κ2) is 11.8. The number of nitrogens with one attached hydrogen (secondary N) is 2. The molecule has 6 N–H and O–H groups in total. The third-order valence-corrected chi connectivity index (χ3v) is 8.95. The fourth-order valence-corrected chi connectivity index (χ4v) is 6.49. The lowest BCUT2D eigenvalue weighted by molar-refractivity contribution is 0.0211. The first-order valence-corrected chi connectivity index (χ1v) is 15.9. The molecule has 2 aliphatic rings.